The summed E-state index contributed by atoms with van der Waals surface area (Å²) in [6, 6.07) is 0. The number of carbonyl (C=O) groups is 1. The normalized spacial score (nSPS) is 17.7. The molecule has 0 bridgehead atoms. The van der Waals surface area contributed by atoms with Crippen LogP contribution in [0.5, 0.6) is 0 Å². The van der Waals surface area contributed by atoms with Crippen LogP contribution in [0, 0.1) is 0 Å². The topological polar surface area (TPSA) is 105 Å². The van der Waals surface area contributed by atoms with E-state index >= 15 is 0 Å². The summed E-state index contributed by atoms with van der Waals surface area (Å²) in [5.41, 5.74) is -0.527. The minimum absolute atomic E-state index is 0.0350. The lowest BCUT2D eigenvalue weighted by Crippen LogP contribution is -2.42. The van der Waals surface area contributed by atoms with Crippen LogP contribution in [0.2, 0.25) is 0 Å². The minimum atomic E-state index is -0.353. The van der Waals surface area contributed by atoms with E-state index < -0.39 is 0 Å². The summed E-state index contributed by atoms with van der Waals surface area (Å²) in [5, 5.41) is 8.38. The first kappa shape index (κ1) is 16.7. The van der Waals surface area contributed by atoms with Crippen LogP contribution in [0.15, 0.2) is 27.4 Å². The van der Waals surface area contributed by atoms with Crippen LogP contribution in [0.1, 0.15) is 41.9 Å². The number of fused-ring (bicyclic) bond motifs is 1. The van der Waals surface area contributed by atoms with E-state index in [0.29, 0.717) is 30.4 Å². The number of aromatic amines is 1. The molecule has 4 rings (SSSR count). The summed E-state index contributed by atoms with van der Waals surface area (Å²) >= 11 is 1.34. The predicted molar refractivity (Wildman–Crippen MR) is 95.7 cm³/mol. The molecule has 1 amide bonds. The third kappa shape index (κ3) is 2.66. The number of thiazole rings is 1. The van der Waals surface area contributed by atoms with Crippen LogP contribution in [0.25, 0.3) is 4.96 Å². The van der Waals surface area contributed by atoms with Gasteiger partial charge >= 0.3 is 5.69 Å². The molecule has 1 N–H and O–H groups in total. The lowest BCUT2D eigenvalue weighted by molar-refractivity contribution is 0.0700. The van der Waals surface area contributed by atoms with Crippen LogP contribution in [0.4, 0.5) is 0 Å². The number of aromatic nitrogens is 5. The van der Waals surface area contributed by atoms with Crippen molar-refractivity contribution in [2.45, 2.75) is 32.2 Å². The molecule has 3 aromatic rings. The first-order valence-electron chi connectivity index (χ1n) is 8.49. The maximum atomic E-state index is 12.9. The third-order valence-electron chi connectivity index (χ3n) is 4.75. The van der Waals surface area contributed by atoms with Gasteiger partial charge in [-0.05, 0) is 19.8 Å². The van der Waals surface area contributed by atoms with Gasteiger partial charge in [0, 0.05) is 43.3 Å². The van der Waals surface area contributed by atoms with Crippen molar-refractivity contribution in [3.05, 3.63) is 50.0 Å². The summed E-state index contributed by atoms with van der Waals surface area (Å²) in [7, 11) is 0. The number of hydrogen-bond donors (Lipinski definition) is 1. The highest BCUT2D eigenvalue weighted by atomic mass is 32.1. The van der Waals surface area contributed by atoms with Crippen LogP contribution in [0.3, 0.4) is 0 Å². The van der Waals surface area contributed by atoms with Gasteiger partial charge in [-0.15, -0.1) is 11.3 Å². The van der Waals surface area contributed by atoms with E-state index in [0.717, 1.165) is 12.8 Å². The molecule has 4 heterocycles. The maximum Gasteiger partial charge on any atom is 0.343 e. The van der Waals surface area contributed by atoms with Crippen molar-refractivity contribution in [3.8, 4) is 0 Å². The Labute approximate surface area is 151 Å². The average Bonchev–Trinajstić information content (AvgIpc) is 3.28. The number of rotatable bonds is 3. The van der Waals surface area contributed by atoms with E-state index in [-0.39, 0.29) is 28.6 Å². The molecule has 1 aliphatic heterocycles. The highest BCUT2D eigenvalue weighted by Crippen LogP contribution is 2.25. The molecule has 0 unspecified atom stereocenters. The van der Waals surface area contributed by atoms with Crippen molar-refractivity contribution in [2.24, 2.45) is 0 Å². The molecule has 136 valence electrons. The molecule has 1 aliphatic rings. The molecule has 1 atom stereocenters. The molecule has 0 aromatic carbocycles. The molecular weight excluding hydrogens is 356 g/mol. The van der Waals surface area contributed by atoms with Gasteiger partial charge in [-0.1, -0.05) is 0 Å². The number of H-pyrrole nitrogens is 1. The fourth-order valence-electron chi connectivity index (χ4n) is 3.46. The van der Waals surface area contributed by atoms with E-state index in [1.807, 2.05) is 6.92 Å². The minimum Gasteiger partial charge on any atom is -0.338 e. The first-order chi connectivity index (χ1) is 12.6. The SMILES string of the molecule is CCn1c([C@H]2CCCN(C(=O)c3cnc4sccn4c3=O)C2)n[nH]c1=O. The molecule has 0 saturated carbocycles. The van der Waals surface area contributed by atoms with Crippen molar-refractivity contribution < 1.29 is 4.79 Å². The zero-order chi connectivity index (χ0) is 18.3. The molecule has 10 heteroatoms. The quantitative estimate of drug-likeness (QED) is 0.726. The average molecular weight is 374 g/mol. The molecule has 0 radical (unpaired) electrons. The number of piperidine rings is 1. The Morgan fingerprint density at radius 3 is 3.08 bits per heavy atom. The van der Waals surface area contributed by atoms with Gasteiger partial charge in [0.25, 0.3) is 11.5 Å². The van der Waals surface area contributed by atoms with Crippen LogP contribution >= 0.6 is 11.3 Å². The second kappa shape index (κ2) is 6.52. The Morgan fingerprint density at radius 2 is 2.27 bits per heavy atom. The fourth-order valence-corrected chi connectivity index (χ4v) is 4.14. The van der Waals surface area contributed by atoms with Gasteiger partial charge in [0.05, 0.1) is 0 Å². The smallest absolute Gasteiger partial charge is 0.338 e. The largest absolute Gasteiger partial charge is 0.343 e. The van der Waals surface area contributed by atoms with Crippen molar-refractivity contribution in [1.82, 2.24) is 29.0 Å². The molecule has 3 aromatic heterocycles. The Bertz CT molecular complexity index is 1080. The van der Waals surface area contributed by atoms with Gasteiger partial charge in [0.1, 0.15) is 11.4 Å². The molecule has 26 heavy (non-hydrogen) atoms. The molecule has 1 saturated heterocycles. The molecule has 0 spiro atoms. The summed E-state index contributed by atoms with van der Waals surface area (Å²) in [6.07, 6.45) is 4.61. The Balaban J connectivity index is 1.62. The summed E-state index contributed by atoms with van der Waals surface area (Å²) in [4.78, 5) is 43.7. The predicted octanol–water partition coefficient (Wildman–Crippen LogP) is 0.680. The number of nitrogens with zero attached hydrogens (tertiary/aromatic N) is 5. The van der Waals surface area contributed by atoms with Gasteiger partial charge < -0.3 is 4.90 Å². The van der Waals surface area contributed by atoms with E-state index in [1.54, 1.807) is 21.0 Å². The highest BCUT2D eigenvalue weighted by molar-refractivity contribution is 7.15. The monoisotopic (exact) mass is 374 g/mol. The maximum absolute atomic E-state index is 12.9. The highest BCUT2D eigenvalue weighted by Gasteiger charge is 2.30. The van der Waals surface area contributed by atoms with Crippen molar-refractivity contribution in [3.63, 3.8) is 0 Å². The molecule has 9 nitrogen and oxygen atoms in total. The zero-order valence-electron chi connectivity index (χ0n) is 14.2. The zero-order valence-corrected chi connectivity index (χ0v) is 15.0. The number of likely N-dealkylation sites (tertiary alicyclic amines) is 1. The Hall–Kier alpha value is -2.75. The van der Waals surface area contributed by atoms with E-state index in [9.17, 15) is 14.4 Å². The summed E-state index contributed by atoms with van der Waals surface area (Å²) in [5.74, 6) is 0.305. The van der Waals surface area contributed by atoms with Gasteiger partial charge in [0.2, 0.25) is 0 Å². The summed E-state index contributed by atoms with van der Waals surface area (Å²) < 4.78 is 2.98. The lowest BCUT2D eigenvalue weighted by Gasteiger charge is -2.32. The van der Waals surface area contributed by atoms with Crippen LogP contribution in [-0.2, 0) is 6.54 Å². The number of nitrogens with one attached hydrogen (secondary N) is 1. The van der Waals surface area contributed by atoms with Crippen molar-refractivity contribution in [1.29, 1.82) is 0 Å². The second-order valence-electron chi connectivity index (χ2n) is 6.25. The van der Waals surface area contributed by atoms with Gasteiger partial charge in [-0.2, -0.15) is 5.10 Å². The fraction of sp³-hybridized carbons (Fsp3) is 0.438. The third-order valence-corrected chi connectivity index (χ3v) is 5.52. The van der Waals surface area contributed by atoms with Crippen LogP contribution in [-0.4, -0.2) is 48.0 Å². The number of amides is 1. The van der Waals surface area contributed by atoms with Gasteiger partial charge in [-0.25, -0.2) is 14.9 Å². The second-order valence-corrected chi connectivity index (χ2v) is 7.13. The van der Waals surface area contributed by atoms with Crippen molar-refractivity contribution >= 4 is 22.2 Å². The molecular formula is C16H18N6O3S. The lowest BCUT2D eigenvalue weighted by atomic mass is 9.96. The van der Waals surface area contributed by atoms with E-state index in [2.05, 4.69) is 15.2 Å². The van der Waals surface area contributed by atoms with E-state index in [4.69, 9.17) is 0 Å². The Morgan fingerprint density at radius 1 is 1.42 bits per heavy atom. The van der Waals surface area contributed by atoms with Gasteiger partial charge in [0.15, 0.2) is 4.96 Å². The summed E-state index contributed by atoms with van der Waals surface area (Å²) in [6.45, 7) is 3.40. The number of hydrogen-bond acceptors (Lipinski definition) is 6. The van der Waals surface area contributed by atoms with E-state index in [1.165, 1.54) is 21.9 Å². The van der Waals surface area contributed by atoms with Gasteiger partial charge in [-0.3, -0.25) is 18.6 Å². The van der Waals surface area contributed by atoms with Crippen molar-refractivity contribution in [2.75, 3.05) is 13.1 Å². The molecule has 0 aliphatic carbocycles. The van der Waals surface area contributed by atoms with Crippen LogP contribution < -0.4 is 11.2 Å². The molecule has 1 fully saturated rings. The standard InChI is InChI=1S/C16H18N6O3S/c1-2-21-12(18-19-15(21)25)10-4-3-5-20(9-10)13(23)11-8-17-16-22(14(11)24)6-7-26-16/h6-8,10H,2-5,9H2,1H3,(H,19,25)/t10-/m0/s1. The Kier molecular flexibility index (Phi) is 4.19. The number of carbonyl (C=O) groups excluding carboxylic acids is 1. The first-order valence-corrected chi connectivity index (χ1v) is 9.37.